The quantitative estimate of drug-likeness (QED) is 0.872. The van der Waals surface area contributed by atoms with Gasteiger partial charge >= 0.3 is 0 Å². The zero-order valence-corrected chi connectivity index (χ0v) is 14.0. The molecule has 124 valence electrons. The maximum Gasteiger partial charge on any atom is 0.225 e. The Kier molecular flexibility index (Phi) is 4.00. The van der Waals surface area contributed by atoms with E-state index < -0.39 is 0 Å². The van der Waals surface area contributed by atoms with Gasteiger partial charge in [0.1, 0.15) is 5.82 Å². The predicted octanol–water partition coefficient (Wildman–Crippen LogP) is 2.96. The average Bonchev–Trinajstić information content (AvgIpc) is 3.47. The Morgan fingerprint density at radius 3 is 2.50 bits per heavy atom. The molecular formula is C19H22N4O. The number of amides is 1. The highest BCUT2D eigenvalue weighted by atomic mass is 16.2. The number of hydrogen-bond acceptors (Lipinski definition) is 4. The van der Waals surface area contributed by atoms with Crippen molar-refractivity contribution in [2.24, 2.45) is 5.92 Å². The topological polar surface area (TPSA) is 59.0 Å². The van der Waals surface area contributed by atoms with Crippen molar-refractivity contribution in [3.8, 4) is 11.1 Å². The average molecular weight is 322 g/mol. The fourth-order valence-electron chi connectivity index (χ4n) is 3.51. The lowest BCUT2D eigenvalue weighted by Crippen LogP contribution is -2.39. The van der Waals surface area contributed by atoms with Gasteiger partial charge in [0.2, 0.25) is 5.91 Å². The first-order valence-electron chi connectivity index (χ1n) is 8.75. The summed E-state index contributed by atoms with van der Waals surface area (Å²) in [7, 11) is 0. The Labute approximate surface area is 142 Å². The van der Waals surface area contributed by atoms with Crippen LogP contribution in [0.2, 0.25) is 0 Å². The number of carbonyl (C=O) groups is 1. The molecule has 0 aromatic carbocycles. The SMILES string of the molecule is Cc1ncc(-c2ccncc2)c(C2CCN(C(=O)C3CC3)CC2)n1. The molecule has 5 nitrogen and oxygen atoms in total. The first-order chi connectivity index (χ1) is 11.7. The second-order valence-corrected chi connectivity index (χ2v) is 6.83. The summed E-state index contributed by atoms with van der Waals surface area (Å²) in [6.45, 7) is 3.63. The molecule has 0 N–H and O–H groups in total. The number of rotatable bonds is 3. The van der Waals surface area contributed by atoms with Gasteiger partial charge < -0.3 is 4.90 Å². The maximum atomic E-state index is 12.2. The third-order valence-electron chi connectivity index (χ3n) is 5.05. The number of likely N-dealkylation sites (tertiary alicyclic amines) is 1. The number of hydrogen-bond donors (Lipinski definition) is 0. The van der Waals surface area contributed by atoms with E-state index in [1.807, 2.05) is 30.2 Å². The van der Waals surface area contributed by atoms with Crippen LogP contribution in [-0.4, -0.2) is 38.8 Å². The molecule has 0 bridgehead atoms. The fraction of sp³-hybridized carbons (Fsp3) is 0.474. The number of nitrogens with zero attached hydrogens (tertiary/aromatic N) is 4. The Hall–Kier alpha value is -2.30. The highest BCUT2D eigenvalue weighted by molar-refractivity contribution is 5.81. The van der Waals surface area contributed by atoms with E-state index >= 15 is 0 Å². The number of carbonyl (C=O) groups excluding carboxylic acids is 1. The molecule has 1 aliphatic heterocycles. The van der Waals surface area contributed by atoms with Crippen LogP contribution in [0, 0.1) is 12.8 Å². The zero-order valence-electron chi connectivity index (χ0n) is 14.0. The molecule has 0 atom stereocenters. The second-order valence-electron chi connectivity index (χ2n) is 6.83. The van der Waals surface area contributed by atoms with Crippen LogP contribution in [0.3, 0.4) is 0 Å². The van der Waals surface area contributed by atoms with E-state index in [1.54, 1.807) is 12.4 Å². The van der Waals surface area contributed by atoms with Crippen LogP contribution in [0.5, 0.6) is 0 Å². The van der Waals surface area contributed by atoms with Gasteiger partial charge in [-0.1, -0.05) is 0 Å². The lowest BCUT2D eigenvalue weighted by atomic mass is 9.89. The molecule has 1 saturated heterocycles. The smallest absolute Gasteiger partial charge is 0.225 e. The van der Waals surface area contributed by atoms with Gasteiger partial charge in [0.15, 0.2) is 0 Å². The molecular weight excluding hydrogens is 300 g/mol. The van der Waals surface area contributed by atoms with Crippen molar-refractivity contribution in [3.63, 3.8) is 0 Å². The number of aromatic nitrogens is 3. The van der Waals surface area contributed by atoms with Gasteiger partial charge in [-0.15, -0.1) is 0 Å². The van der Waals surface area contributed by atoms with Crippen LogP contribution in [0.25, 0.3) is 11.1 Å². The van der Waals surface area contributed by atoms with Crippen LogP contribution < -0.4 is 0 Å². The molecule has 2 aromatic rings. The second kappa shape index (κ2) is 6.30. The molecule has 24 heavy (non-hydrogen) atoms. The van der Waals surface area contributed by atoms with Gasteiger partial charge in [-0.2, -0.15) is 0 Å². The van der Waals surface area contributed by atoms with E-state index in [0.29, 0.717) is 17.7 Å². The third kappa shape index (κ3) is 3.03. The summed E-state index contributed by atoms with van der Waals surface area (Å²) in [5.74, 6) is 1.87. The van der Waals surface area contributed by atoms with Crippen molar-refractivity contribution in [2.45, 2.75) is 38.5 Å². The highest BCUT2D eigenvalue weighted by Crippen LogP contribution is 2.36. The third-order valence-corrected chi connectivity index (χ3v) is 5.05. The standard InChI is InChI=1S/C19H22N4O/c1-13-21-12-17(14-4-8-20-9-5-14)18(22-13)15-6-10-23(11-7-15)19(24)16-2-3-16/h4-5,8-9,12,15-16H,2-3,6-7,10-11H2,1H3. The summed E-state index contributed by atoms with van der Waals surface area (Å²) in [5, 5.41) is 0. The van der Waals surface area contributed by atoms with Gasteiger partial charge in [-0.05, 0) is 50.3 Å². The summed E-state index contributed by atoms with van der Waals surface area (Å²) in [5.41, 5.74) is 3.32. The molecule has 1 amide bonds. The molecule has 2 aliphatic rings. The van der Waals surface area contributed by atoms with E-state index in [-0.39, 0.29) is 0 Å². The van der Waals surface area contributed by atoms with E-state index in [1.165, 1.54) is 0 Å². The molecule has 1 aliphatic carbocycles. The number of piperidine rings is 1. The van der Waals surface area contributed by atoms with E-state index in [4.69, 9.17) is 4.98 Å². The lowest BCUT2D eigenvalue weighted by molar-refractivity contribution is -0.133. The monoisotopic (exact) mass is 322 g/mol. The maximum absolute atomic E-state index is 12.2. The summed E-state index contributed by atoms with van der Waals surface area (Å²) in [6, 6.07) is 4.01. The van der Waals surface area contributed by atoms with Crippen LogP contribution in [0.1, 0.15) is 43.1 Å². The van der Waals surface area contributed by atoms with E-state index in [2.05, 4.69) is 9.97 Å². The van der Waals surface area contributed by atoms with Gasteiger partial charge in [0.05, 0.1) is 5.69 Å². The molecule has 0 unspecified atom stereocenters. The van der Waals surface area contributed by atoms with E-state index in [0.717, 1.165) is 61.4 Å². The van der Waals surface area contributed by atoms with Crippen molar-refractivity contribution in [1.29, 1.82) is 0 Å². The van der Waals surface area contributed by atoms with Crippen molar-refractivity contribution in [3.05, 3.63) is 42.2 Å². The van der Waals surface area contributed by atoms with Gasteiger partial charge in [0.25, 0.3) is 0 Å². The van der Waals surface area contributed by atoms with Crippen LogP contribution in [0.4, 0.5) is 0 Å². The van der Waals surface area contributed by atoms with Crippen LogP contribution in [-0.2, 0) is 4.79 Å². The van der Waals surface area contributed by atoms with Crippen molar-refractivity contribution in [2.75, 3.05) is 13.1 Å². The predicted molar refractivity (Wildman–Crippen MR) is 91.3 cm³/mol. The number of aryl methyl sites for hydroxylation is 1. The summed E-state index contributed by atoms with van der Waals surface area (Å²) >= 11 is 0. The van der Waals surface area contributed by atoms with E-state index in [9.17, 15) is 4.79 Å². The van der Waals surface area contributed by atoms with Gasteiger partial charge in [0, 0.05) is 49.1 Å². The molecule has 0 spiro atoms. The lowest BCUT2D eigenvalue weighted by Gasteiger charge is -2.32. The Balaban J connectivity index is 1.56. The van der Waals surface area contributed by atoms with Crippen molar-refractivity contribution >= 4 is 5.91 Å². The summed E-state index contributed by atoms with van der Waals surface area (Å²) in [6.07, 6.45) is 9.65. The molecule has 0 radical (unpaired) electrons. The molecule has 4 rings (SSSR count). The molecule has 3 heterocycles. The molecule has 5 heteroatoms. The molecule has 2 aromatic heterocycles. The minimum atomic E-state index is 0.315. The Morgan fingerprint density at radius 1 is 1.12 bits per heavy atom. The number of pyridine rings is 1. The first-order valence-corrected chi connectivity index (χ1v) is 8.75. The highest BCUT2D eigenvalue weighted by Gasteiger charge is 2.35. The Morgan fingerprint density at radius 2 is 1.83 bits per heavy atom. The normalized spacial score (nSPS) is 18.6. The molecule has 2 fully saturated rings. The summed E-state index contributed by atoms with van der Waals surface area (Å²) < 4.78 is 0. The summed E-state index contributed by atoms with van der Waals surface area (Å²) in [4.78, 5) is 27.5. The minimum Gasteiger partial charge on any atom is -0.342 e. The zero-order chi connectivity index (χ0) is 16.5. The van der Waals surface area contributed by atoms with Crippen molar-refractivity contribution < 1.29 is 4.79 Å². The fourth-order valence-corrected chi connectivity index (χ4v) is 3.51. The minimum absolute atomic E-state index is 0.315. The van der Waals surface area contributed by atoms with Gasteiger partial charge in [-0.3, -0.25) is 9.78 Å². The van der Waals surface area contributed by atoms with Crippen LogP contribution in [0.15, 0.2) is 30.7 Å². The largest absolute Gasteiger partial charge is 0.342 e. The molecule has 1 saturated carbocycles. The van der Waals surface area contributed by atoms with Crippen LogP contribution >= 0.6 is 0 Å². The van der Waals surface area contributed by atoms with Crippen molar-refractivity contribution in [1.82, 2.24) is 19.9 Å². The Bertz CT molecular complexity index is 734. The van der Waals surface area contributed by atoms with Gasteiger partial charge in [-0.25, -0.2) is 9.97 Å². The first kappa shape index (κ1) is 15.2.